The summed E-state index contributed by atoms with van der Waals surface area (Å²) in [5, 5.41) is 3.02. The lowest BCUT2D eigenvalue weighted by molar-refractivity contribution is -0.123. The largest absolute Gasteiger partial charge is 0.468 e. The number of hydrogen-bond acceptors (Lipinski definition) is 6. The summed E-state index contributed by atoms with van der Waals surface area (Å²) in [6.45, 7) is 1.01. The molecule has 2 amide bonds. The van der Waals surface area contributed by atoms with E-state index >= 15 is 0 Å². The maximum atomic E-state index is 13.2. The van der Waals surface area contributed by atoms with Crippen LogP contribution in [0.4, 0.5) is 0 Å². The van der Waals surface area contributed by atoms with Crippen LogP contribution in [0, 0.1) is 0 Å². The predicted molar refractivity (Wildman–Crippen MR) is 109 cm³/mol. The zero-order valence-corrected chi connectivity index (χ0v) is 16.9. The molecule has 0 fully saturated rings. The van der Waals surface area contributed by atoms with E-state index in [4.69, 9.17) is 8.83 Å². The molecule has 1 aliphatic rings. The summed E-state index contributed by atoms with van der Waals surface area (Å²) in [6, 6.07) is 10.6. The average Bonchev–Trinajstić information content (AvgIpc) is 3.46. The van der Waals surface area contributed by atoms with Crippen LogP contribution in [0.5, 0.6) is 0 Å². The van der Waals surface area contributed by atoms with Crippen LogP contribution in [0.15, 0.2) is 64.0 Å². The van der Waals surface area contributed by atoms with Gasteiger partial charge in [-0.05, 0) is 50.0 Å². The van der Waals surface area contributed by atoms with Crippen LogP contribution >= 0.6 is 0 Å². The van der Waals surface area contributed by atoms with Gasteiger partial charge < -0.3 is 19.1 Å². The van der Waals surface area contributed by atoms with Gasteiger partial charge in [-0.2, -0.15) is 0 Å². The van der Waals surface area contributed by atoms with Gasteiger partial charge in [-0.1, -0.05) is 6.07 Å². The van der Waals surface area contributed by atoms with Crippen LogP contribution < -0.4 is 5.32 Å². The van der Waals surface area contributed by atoms with Gasteiger partial charge in [0, 0.05) is 25.8 Å². The number of fused-ring (bicyclic) bond motifs is 1. The van der Waals surface area contributed by atoms with Crippen molar-refractivity contribution in [1.82, 2.24) is 20.1 Å². The molecule has 1 aliphatic heterocycles. The Morgan fingerprint density at radius 2 is 2.00 bits per heavy atom. The zero-order valence-electron chi connectivity index (χ0n) is 16.9. The number of nitrogens with zero attached hydrogens (tertiary/aromatic N) is 3. The topological polar surface area (TPSA) is 91.8 Å². The highest BCUT2D eigenvalue weighted by Gasteiger charge is 2.35. The summed E-state index contributed by atoms with van der Waals surface area (Å²) in [5.74, 6) is 0.0525. The number of rotatable bonds is 6. The first-order valence-corrected chi connectivity index (χ1v) is 9.78. The van der Waals surface area contributed by atoms with E-state index in [1.54, 1.807) is 29.5 Å². The van der Waals surface area contributed by atoms with Crippen molar-refractivity contribution in [1.29, 1.82) is 0 Å². The van der Waals surface area contributed by atoms with Crippen LogP contribution in [-0.4, -0.2) is 53.8 Å². The Labute approximate surface area is 174 Å². The van der Waals surface area contributed by atoms with Crippen LogP contribution in [0.25, 0.3) is 0 Å². The van der Waals surface area contributed by atoms with Gasteiger partial charge in [-0.25, -0.2) is 0 Å². The number of aromatic nitrogens is 1. The van der Waals surface area contributed by atoms with E-state index in [1.165, 1.54) is 6.26 Å². The Morgan fingerprint density at radius 3 is 2.70 bits per heavy atom. The van der Waals surface area contributed by atoms with E-state index in [2.05, 4.69) is 10.3 Å². The SMILES string of the molecule is CN(C)C(CNC(=O)C1CN(C(=O)c2ccco2)Cc2cccnc21)c1ccco1. The lowest BCUT2D eigenvalue weighted by atomic mass is 9.93. The molecule has 2 atom stereocenters. The fourth-order valence-electron chi connectivity index (χ4n) is 3.73. The van der Waals surface area contributed by atoms with Crippen molar-refractivity contribution in [2.75, 3.05) is 27.2 Å². The van der Waals surface area contributed by atoms with Crippen LogP contribution in [0.3, 0.4) is 0 Å². The summed E-state index contributed by atoms with van der Waals surface area (Å²) < 4.78 is 10.8. The van der Waals surface area contributed by atoms with Gasteiger partial charge in [-0.15, -0.1) is 0 Å². The number of carbonyl (C=O) groups is 2. The van der Waals surface area contributed by atoms with E-state index < -0.39 is 5.92 Å². The second-order valence-electron chi connectivity index (χ2n) is 7.50. The molecule has 0 aliphatic carbocycles. The highest BCUT2D eigenvalue weighted by molar-refractivity contribution is 5.93. The number of likely N-dealkylation sites (N-methyl/N-ethyl adjacent to an activating group) is 1. The summed E-state index contributed by atoms with van der Waals surface area (Å²) in [5.41, 5.74) is 1.57. The molecule has 8 nitrogen and oxygen atoms in total. The number of pyridine rings is 1. The smallest absolute Gasteiger partial charge is 0.289 e. The molecule has 2 unspecified atom stereocenters. The molecule has 4 heterocycles. The number of nitrogens with one attached hydrogen (secondary N) is 1. The molecule has 1 N–H and O–H groups in total. The van der Waals surface area contributed by atoms with E-state index in [-0.39, 0.29) is 30.2 Å². The minimum atomic E-state index is -0.562. The molecule has 0 spiro atoms. The van der Waals surface area contributed by atoms with Gasteiger partial charge in [0.25, 0.3) is 5.91 Å². The van der Waals surface area contributed by atoms with Crippen molar-refractivity contribution < 1.29 is 18.4 Å². The van der Waals surface area contributed by atoms with Crippen molar-refractivity contribution in [3.63, 3.8) is 0 Å². The van der Waals surface area contributed by atoms with E-state index in [1.807, 2.05) is 43.3 Å². The van der Waals surface area contributed by atoms with E-state index in [0.717, 1.165) is 11.3 Å². The van der Waals surface area contributed by atoms with Crippen LogP contribution in [0.2, 0.25) is 0 Å². The maximum absolute atomic E-state index is 13.2. The van der Waals surface area contributed by atoms with Gasteiger partial charge >= 0.3 is 0 Å². The fraction of sp³-hybridized carbons (Fsp3) is 0.318. The summed E-state index contributed by atoms with van der Waals surface area (Å²) >= 11 is 0. The molecule has 0 saturated heterocycles. The molecule has 8 heteroatoms. The first-order valence-electron chi connectivity index (χ1n) is 9.78. The van der Waals surface area contributed by atoms with Crippen molar-refractivity contribution in [2.45, 2.75) is 18.5 Å². The Balaban J connectivity index is 1.52. The second-order valence-corrected chi connectivity index (χ2v) is 7.50. The van der Waals surface area contributed by atoms with Gasteiger partial charge in [0.05, 0.1) is 30.2 Å². The van der Waals surface area contributed by atoms with Gasteiger partial charge in [0.2, 0.25) is 5.91 Å². The quantitative estimate of drug-likeness (QED) is 0.674. The summed E-state index contributed by atoms with van der Waals surface area (Å²) in [7, 11) is 3.86. The number of carbonyl (C=O) groups excluding carboxylic acids is 2. The summed E-state index contributed by atoms with van der Waals surface area (Å²) in [4.78, 5) is 34.0. The molecule has 3 aromatic rings. The van der Waals surface area contributed by atoms with Gasteiger partial charge in [-0.3, -0.25) is 19.5 Å². The van der Waals surface area contributed by atoms with Crippen molar-refractivity contribution in [3.05, 3.63) is 77.9 Å². The van der Waals surface area contributed by atoms with Crippen LogP contribution in [0.1, 0.15) is 39.5 Å². The molecular formula is C22H24N4O4. The Bertz CT molecular complexity index is 998. The van der Waals surface area contributed by atoms with E-state index in [0.29, 0.717) is 18.8 Å². The number of hydrogen-bond donors (Lipinski definition) is 1. The normalized spacial score (nSPS) is 16.9. The Hall–Kier alpha value is -3.39. The molecule has 156 valence electrons. The standard InChI is InChI=1S/C22H24N4O4/c1-25(2)17(18-7-4-10-29-18)12-24-21(27)16-14-26(22(28)19-8-5-11-30-19)13-15-6-3-9-23-20(15)16/h3-11,16-17H,12-14H2,1-2H3,(H,24,27). The molecule has 4 rings (SSSR count). The maximum Gasteiger partial charge on any atom is 0.289 e. The Kier molecular flexibility index (Phi) is 5.67. The number of furan rings is 2. The lowest BCUT2D eigenvalue weighted by Crippen LogP contribution is -2.45. The third kappa shape index (κ3) is 3.99. The first-order chi connectivity index (χ1) is 14.5. The van der Waals surface area contributed by atoms with Crippen molar-refractivity contribution >= 4 is 11.8 Å². The first kappa shape index (κ1) is 19.9. The molecule has 0 aromatic carbocycles. The second kappa shape index (κ2) is 8.54. The molecule has 0 radical (unpaired) electrons. The van der Waals surface area contributed by atoms with Crippen LogP contribution in [-0.2, 0) is 11.3 Å². The zero-order chi connectivity index (χ0) is 21.1. The molecule has 0 bridgehead atoms. The third-order valence-corrected chi connectivity index (χ3v) is 5.32. The summed E-state index contributed by atoms with van der Waals surface area (Å²) in [6.07, 6.45) is 4.76. The fourth-order valence-corrected chi connectivity index (χ4v) is 3.73. The van der Waals surface area contributed by atoms with E-state index in [9.17, 15) is 9.59 Å². The van der Waals surface area contributed by atoms with Crippen molar-refractivity contribution in [3.8, 4) is 0 Å². The van der Waals surface area contributed by atoms with Gasteiger partial charge in [0.15, 0.2) is 5.76 Å². The van der Waals surface area contributed by atoms with Crippen molar-refractivity contribution in [2.24, 2.45) is 0 Å². The minimum absolute atomic E-state index is 0.100. The molecule has 3 aromatic heterocycles. The monoisotopic (exact) mass is 408 g/mol. The highest BCUT2D eigenvalue weighted by Crippen LogP contribution is 2.28. The third-order valence-electron chi connectivity index (χ3n) is 5.32. The highest BCUT2D eigenvalue weighted by atomic mass is 16.3. The van der Waals surface area contributed by atoms with Gasteiger partial charge in [0.1, 0.15) is 5.76 Å². The molecule has 0 saturated carbocycles. The molecule has 30 heavy (non-hydrogen) atoms. The average molecular weight is 408 g/mol. The number of amides is 2. The predicted octanol–water partition coefficient (Wildman–Crippen LogP) is 2.43. The lowest BCUT2D eigenvalue weighted by Gasteiger charge is -2.33. The Morgan fingerprint density at radius 1 is 1.20 bits per heavy atom. The molecular weight excluding hydrogens is 384 g/mol. The minimum Gasteiger partial charge on any atom is -0.468 e.